The molecule has 2 N–H and O–H groups in total. The van der Waals surface area contributed by atoms with Crippen LogP contribution >= 0.6 is 0 Å². The first-order valence-electron chi connectivity index (χ1n) is 6.90. The molecule has 2 unspecified atom stereocenters. The topological polar surface area (TPSA) is 38.5 Å². The molecule has 16 heavy (non-hydrogen) atoms. The fourth-order valence-corrected chi connectivity index (χ4v) is 3.27. The minimum absolute atomic E-state index is 0.434. The van der Waals surface area contributed by atoms with Gasteiger partial charge in [0.25, 0.3) is 0 Å². The van der Waals surface area contributed by atoms with E-state index in [1.54, 1.807) is 0 Å². The molecule has 2 fully saturated rings. The van der Waals surface area contributed by atoms with Gasteiger partial charge in [0.2, 0.25) is 0 Å². The number of ether oxygens (including phenoxy) is 1. The molecule has 0 aromatic heterocycles. The molecule has 0 aromatic carbocycles. The first kappa shape index (κ1) is 12.3. The Morgan fingerprint density at radius 2 is 2.12 bits per heavy atom. The Balaban J connectivity index is 1.91. The summed E-state index contributed by atoms with van der Waals surface area (Å²) in [4.78, 5) is 2.59. The Labute approximate surface area is 99.3 Å². The lowest BCUT2D eigenvalue weighted by Crippen LogP contribution is -2.52. The van der Waals surface area contributed by atoms with Crippen LogP contribution in [-0.4, -0.2) is 43.3 Å². The van der Waals surface area contributed by atoms with Crippen molar-refractivity contribution >= 4 is 0 Å². The highest BCUT2D eigenvalue weighted by molar-refractivity contribution is 4.86. The van der Waals surface area contributed by atoms with Gasteiger partial charge in [-0.05, 0) is 25.2 Å². The average molecular weight is 226 g/mol. The fraction of sp³-hybridized carbons (Fsp3) is 1.00. The summed E-state index contributed by atoms with van der Waals surface area (Å²) >= 11 is 0. The van der Waals surface area contributed by atoms with Crippen molar-refractivity contribution < 1.29 is 4.74 Å². The van der Waals surface area contributed by atoms with Crippen molar-refractivity contribution in [2.75, 3.05) is 26.2 Å². The van der Waals surface area contributed by atoms with E-state index in [2.05, 4.69) is 11.8 Å². The Morgan fingerprint density at radius 3 is 2.75 bits per heavy atom. The van der Waals surface area contributed by atoms with E-state index >= 15 is 0 Å². The van der Waals surface area contributed by atoms with Crippen molar-refractivity contribution in [3.05, 3.63) is 0 Å². The molecule has 0 amide bonds. The molecule has 1 aliphatic carbocycles. The lowest BCUT2D eigenvalue weighted by Gasteiger charge is -2.40. The molecule has 3 heteroatoms. The van der Waals surface area contributed by atoms with Crippen LogP contribution in [0.4, 0.5) is 0 Å². The Kier molecular flexibility index (Phi) is 4.62. The fourth-order valence-electron chi connectivity index (χ4n) is 3.27. The van der Waals surface area contributed by atoms with Crippen LogP contribution in [0.5, 0.6) is 0 Å². The first-order valence-corrected chi connectivity index (χ1v) is 6.90. The normalized spacial score (nSPS) is 30.8. The number of rotatable bonds is 4. The maximum Gasteiger partial charge on any atom is 0.0700 e. The molecule has 0 bridgehead atoms. The first-order chi connectivity index (χ1) is 7.85. The molecular formula is C13H26N2O. The lowest BCUT2D eigenvalue weighted by atomic mass is 9.95. The molecule has 94 valence electrons. The summed E-state index contributed by atoms with van der Waals surface area (Å²) in [5.74, 6) is 0.848. The van der Waals surface area contributed by atoms with Crippen LogP contribution in [0.1, 0.15) is 39.0 Å². The van der Waals surface area contributed by atoms with Crippen LogP contribution in [-0.2, 0) is 4.74 Å². The maximum atomic E-state index is 5.99. The molecule has 2 rings (SSSR count). The molecule has 2 atom stereocenters. The molecule has 1 saturated carbocycles. The second kappa shape index (κ2) is 5.99. The van der Waals surface area contributed by atoms with Gasteiger partial charge in [-0.15, -0.1) is 0 Å². The summed E-state index contributed by atoms with van der Waals surface area (Å²) in [5, 5.41) is 0. The highest BCUT2D eigenvalue weighted by Crippen LogP contribution is 2.30. The summed E-state index contributed by atoms with van der Waals surface area (Å²) in [6.45, 7) is 6.09. The van der Waals surface area contributed by atoms with Crippen molar-refractivity contribution in [2.45, 2.75) is 51.2 Å². The molecule has 3 nitrogen and oxygen atoms in total. The minimum Gasteiger partial charge on any atom is -0.376 e. The van der Waals surface area contributed by atoms with Crippen molar-refractivity contribution in [3.8, 4) is 0 Å². The molecule has 0 spiro atoms. The monoisotopic (exact) mass is 226 g/mol. The van der Waals surface area contributed by atoms with Crippen molar-refractivity contribution in [2.24, 2.45) is 11.7 Å². The van der Waals surface area contributed by atoms with Crippen molar-refractivity contribution in [1.82, 2.24) is 4.90 Å². The molecule has 0 aromatic rings. The average Bonchev–Trinajstić information content (AvgIpc) is 2.84. The molecule has 1 heterocycles. The quantitative estimate of drug-likeness (QED) is 0.791. The maximum absolute atomic E-state index is 5.99. The van der Waals surface area contributed by atoms with Gasteiger partial charge in [0.15, 0.2) is 0 Å². The molecule has 1 saturated heterocycles. The SMILES string of the molecule is CCC1CN(C(CN)C2CCCC2)CCO1. The summed E-state index contributed by atoms with van der Waals surface area (Å²) in [6.07, 6.45) is 7.14. The van der Waals surface area contributed by atoms with Gasteiger partial charge in [0, 0.05) is 25.7 Å². The van der Waals surface area contributed by atoms with E-state index in [4.69, 9.17) is 10.5 Å². The largest absolute Gasteiger partial charge is 0.376 e. The predicted molar refractivity (Wildman–Crippen MR) is 66.4 cm³/mol. The third-order valence-corrected chi connectivity index (χ3v) is 4.28. The van der Waals surface area contributed by atoms with Gasteiger partial charge < -0.3 is 10.5 Å². The Bertz CT molecular complexity index is 204. The number of hydrogen-bond acceptors (Lipinski definition) is 3. The number of hydrogen-bond donors (Lipinski definition) is 1. The van der Waals surface area contributed by atoms with E-state index in [1.807, 2.05) is 0 Å². The highest BCUT2D eigenvalue weighted by atomic mass is 16.5. The standard InChI is InChI=1S/C13H26N2O/c1-2-12-10-15(7-8-16-12)13(9-14)11-5-3-4-6-11/h11-13H,2-10,14H2,1H3. The van der Waals surface area contributed by atoms with E-state index in [0.717, 1.165) is 38.6 Å². The van der Waals surface area contributed by atoms with Crippen LogP contribution in [0, 0.1) is 5.92 Å². The van der Waals surface area contributed by atoms with E-state index in [-0.39, 0.29) is 0 Å². The van der Waals surface area contributed by atoms with Gasteiger partial charge >= 0.3 is 0 Å². The minimum atomic E-state index is 0.434. The summed E-state index contributed by atoms with van der Waals surface area (Å²) in [5.41, 5.74) is 5.99. The summed E-state index contributed by atoms with van der Waals surface area (Å²) in [7, 11) is 0. The second-order valence-corrected chi connectivity index (χ2v) is 5.24. The summed E-state index contributed by atoms with van der Waals surface area (Å²) in [6, 6.07) is 0.612. The number of morpholine rings is 1. The predicted octanol–water partition coefficient (Wildman–Crippen LogP) is 1.61. The van der Waals surface area contributed by atoms with Crippen LogP contribution in [0.3, 0.4) is 0 Å². The highest BCUT2D eigenvalue weighted by Gasteiger charge is 2.31. The molecule has 2 aliphatic rings. The third-order valence-electron chi connectivity index (χ3n) is 4.28. The van der Waals surface area contributed by atoms with Gasteiger partial charge in [-0.1, -0.05) is 19.8 Å². The van der Waals surface area contributed by atoms with Gasteiger partial charge in [-0.3, -0.25) is 4.90 Å². The van der Waals surface area contributed by atoms with Gasteiger partial charge in [0.05, 0.1) is 12.7 Å². The number of nitrogens with zero attached hydrogens (tertiary/aromatic N) is 1. The van der Waals surface area contributed by atoms with E-state index < -0.39 is 0 Å². The zero-order valence-electron chi connectivity index (χ0n) is 10.5. The van der Waals surface area contributed by atoms with Crippen LogP contribution in [0.2, 0.25) is 0 Å². The van der Waals surface area contributed by atoms with E-state index in [0.29, 0.717) is 12.1 Å². The Morgan fingerprint density at radius 1 is 1.38 bits per heavy atom. The van der Waals surface area contributed by atoms with E-state index in [1.165, 1.54) is 25.7 Å². The van der Waals surface area contributed by atoms with Crippen LogP contribution < -0.4 is 5.73 Å². The zero-order chi connectivity index (χ0) is 11.4. The van der Waals surface area contributed by atoms with Crippen molar-refractivity contribution in [1.29, 1.82) is 0 Å². The van der Waals surface area contributed by atoms with Gasteiger partial charge in [-0.2, -0.15) is 0 Å². The Hall–Kier alpha value is -0.120. The van der Waals surface area contributed by atoms with Crippen molar-refractivity contribution in [3.63, 3.8) is 0 Å². The molecule has 0 radical (unpaired) electrons. The summed E-state index contributed by atoms with van der Waals surface area (Å²) < 4.78 is 5.73. The van der Waals surface area contributed by atoms with Gasteiger partial charge in [-0.25, -0.2) is 0 Å². The molecular weight excluding hydrogens is 200 g/mol. The van der Waals surface area contributed by atoms with E-state index in [9.17, 15) is 0 Å². The number of nitrogens with two attached hydrogens (primary N) is 1. The zero-order valence-corrected chi connectivity index (χ0v) is 10.5. The molecule has 1 aliphatic heterocycles. The lowest BCUT2D eigenvalue weighted by molar-refractivity contribution is -0.0511. The van der Waals surface area contributed by atoms with Gasteiger partial charge in [0.1, 0.15) is 0 Å². The van der Waals surface area contributed by atoms with Crippen LogP contribution in [0.25, 0.3) is 0 Å². The second-order valence-electron chi connectivity index (χ2n) is 5.24. The third kappa shape index (κ3) is 2.76. The van der Waals surface area contributed by atoms with Crippen LogP contribution in [0.15, 0.2) is 0 Å². The smallest absolute Gasteiger partial charge is 0.0700 e.